The molecule has 0 saturated carbocycles. The maximum Gasteiger partial charge on any atom is 0.123 e. The first-order valence-corrected chi connectivity index (χ1v) is 10.1. The topological polar surface area (TPSA) is 43.7 Å². The predicted molar refractivity (Wildman–Crippen MR) is 118 cm³/mol. The minimum Gasteiger partial charge on any atom is -0.507 e. The molecule has 2 rings (SSSR count). The lowest BCUT2D eigenvalue weighted by Crippen LogP contribution is -2.34. The molecule has 0 aromatic heterocycles. The first kappa shape index (κ1) is 22.4. The normalized spacial score (nSPS) is 14.9. The molecule has 3 nitrogen and oxygen atoms in total. The zero-order valence-corrected chi connectivity index (χ0v) is 18.7. The van der Waals surface area contributed by atoms with Gasteiger partial charge in [0.2, 0.25) is 0 Å². The lowest BCUT2D eigenvalue weighted by Gasteiger charge is -2.32. The summed E-state index contributed by atoms with van der Waals surface area (Å²) in [6, 6.07) is 13.9. The number of nitrogens with zero attached hydrogens (tertiary/aromatic N) is 1. The highest BCUT2D eigenvalue weighted by atomic mass is 16.3. The predicted octanol–water partition coefficient (Wildman–Crippen LogP) is 5.54. The second-order valence-corrected chi connectivity index (χ2v) is 10.0. The van der Waals surface area contributed by atoms with Crippen LogP contribution in [0.5, 0.6) is 5.75 Å². The summed E-state index contributed by atoms with van der Waals surface area (Å²) in [6.45, 7) is 15.6. The fourth-order valence-corrected chi connectivity index (χ4v) is 3.40. The molecule has 0 spiro atoms. The van der Waals surface area contributed by atoms with Crippen LogP contribution in [0, 0.1) is 0 Å². The Morgan fingerprint density at radius 2 is 1.50 bits per heavy atom. The number of aliphatic hydroxyl groups excluding tert-OH is 1. The molecule has 2 aromatic rings. The summed E-state index contributed by atoms with van der Waals surface area (Å²) < 4.78 is 0. The zero-order chi connectivity index (χ0) is 21.3. The van der Waals surface area contributed by atoms with Crippen LogP contribution in [-0.4, -0.2) is 28.2 Å². The molecule has 0 bridgehead atoms. The van der Waals surface area contributed by atoms with E-state index < -0.39 is 6.10 Å². The van der Waals surface area contributed by atoms with Crippen molar-refractivity contribution in [3.63, 3.8) is 0 Å². The second kappa shape index (κ2) is 8.26. The summed E-state index contributed by atoms with van der Waals surface area (Å²) in [6.07, 6.45) is -0.582. The third-order valence-corrected chi connectivity index (χ3v) is 5.58. The van der Waals surface area contributed by atoms with E-state index in [1.54, 1.807) is 0 Å². The summed E-state index contributed by atoms with van der Waals surface area (Å²) in [5.41, 5.74) is 3.86. The number of rotatable bonds is 5. The maximum absolute atomic E-state index is 11.0. The van der Waals surface area contributed by atoms with Crippen molar-refractivity contribution in [2.45, 2.75) is 78.0 Å². The molecule has 0 aliphatic rings. The highest BCUT2D eigenvalue weighted by molar-refractivity contribution is 5.48. The van der Waals surface area contributed by atoms with Crippen molar-refractivity contribution < 1.29 is 10.2 Å². The van der Waals surface area contributed by atoms with Gasteiger partial charge in [0.05, 0.1) is 6.10 Å². The Morgan fingerprint density at radius 3 is 2.00 bits per heavy atom. The molecule has 0 aliphatic carbocycles. The fourth-order valence-electron chi connectivity index (χ4n) is 3.40. The van der Waals surface area contributed by atoms with Gasteiger partial charge < -0.3 is 10.2 Å². The minimum atomic E-state index is -0.582. The molecule has 0 unspecified atom stereocenters. The Hall–Kier alpha value is -1.84. The molecule has 0 aliphatic heterocycles. The summed E-state index contributed by atoms with van der Waals surface area (Å²) >= 11 is 0. The van der Waals surface area contributed by atoms with Crippen molar-refractivity contribution in [3.8, 4) is 5.75 Å². The standard InChI is InChI=1S/C25H37NO2/c1-17(22(27)18-12-10-9-11-13-18)26(8)16-19-14-20(24(2,3)4)15-21(23(19)28)25(5,6)7/h9-15,17,22,27-28H,16H2,1-8H3/t17-,22+/m0/s1. The van der Waals surface area contributed by atoms with Gasteiger partial charge in [0.1, 0.15) is 5.75 Å². The highest BCUT2D eigenvalue weighted by Gasteiger charge is 2.27. The molecule has 28 heavy (non-hydrogen) atoms. The molecule has 0 fully saturated rings. The zero-order valence-electron chi connectivity index (χ0n) is 18.7. The van der Waals surface area contributed by atoms with E-state index in [1.165, 1.54) is 5.56 Å². The lowest BCUT2D eigenvalue weighted by atomic mass is 9.79. The van der Waals surface area contributed by atoms with E-state index in [1.807, 2.05) is 44.3 Å². The molecule has 0 radical (unpaired) electrons. The van der Waals surface area contributed by atoms with Crippen molar-refractivity contribution in [2.24, 2.45) is 0 Å². The molecule has 154 valence electrons. The summed E-state index contributed by atoms with van der Waals surface area (Å²) in [4.78, 5) is 2.10. The number of aliphatic hydroxyl groups is 1. The number of phenolic OH excluding ortho intramolecular Hbond substituents is 1. The van der Waals surface area contributed by atoms with Crippen LogP contribution < -0.4 is 0 Å². The van der Waals surface area contributed by atoms with Crippen LogP contribution in [0.25, 0.3) is 0 Å². The molecule has 0 saturated heterocycles. The van der Waals surface area contributed by atoms with Crippen molar-refractivity contribution in [3.05, 3.63) is 64.7 Å². The Kier molecular flexibility index (Phi) is 6.62. The first-order valence-electron chi connectivity index (χ1n) is 10.1. The number of hydrogen-bond acceptors (Lipinski definition) is 3. The quantitative estimate of drug-likeness (QED) is 0.712. The van der Waals surface area contributed by atoms with Crippen LogP contribution in [0.4, 0.5) is 0 Å². The molecular weight excluding hydrogens is 346 g/mol. The van der Waals surface area contributed by atoms with Gasteiger partial charge in [-0.15, -0.1) is 0 Å². The van der Waals surface area contributed by atoms with Crippen LogP contribution >= 0.6 is 0 Å². The van der Waals surface area contributed by atoms with Crippen molar-refractivity contribution in [1.82, 2.24) is 4.90 Å². The number of benzene rings is 2. The minimum absolute atomic E-state index is 0.00378. The second-order valence-electron chi connectivity index (χ2n) is 10.0. The van der Waals surface area contributed by atoms with Crippen LogP contribution in [-0.2, 0) is 17.4 Å². The molecule has 3 heteroatoms. The van der Waals surface area contributed by atoms with E-state index in [2.05, 4.69) is 58.6 Å². The summed E-state index contributed by atoms with van der Waals surface area (Å²) in [5, 5.41) is 21.8. The van der Waals surface area contributed by atoms with Gasteiger partial charge in [-0.2, -0.15) is 0 Å². The lowest BCUT2D eigenvalue weighted by molar-refractivity contribution is 0.0684. The van der Waals surface area contributed by atoms with Gasteiger partial charge in [-0.25, -0.2) is 0 Å². The number of likely N-dealkylation sites (N-methyl/N-ethyl adjacent to an activating group) is 1. The van der Waals surface area contributed by atoms with Crippen LogP contribution in [0.3, 0.4) is 0 Å². The smallest absolute Gasteiger partial charge is 0.123 e. The maximum atomic E-state index is 11.0. The van der Waals surface area contributed by atoms with Crippen LogP contribution in [0.2, 0.25) is 0 Å². The Morgan fingerprint density at radius 1 is 0.929 bits per heavy atom. The fraction of sp³-hybridized carbons (Fsp3) is 0.520. The Balaban J connectivity index is 2.36. The molecule has 2 aromatic carbocycles. The molecule has 0 amide bonds. The van der Waals surface area contributed by atoms with Gasteiger partial charge in [-0.1, -0.05) is 84.0 Å². The first-order chi connectivity index (χ1) is 12.8. The van der Waals surface area contributed by atoms with E-state index >= 15 is 0 Å². The van der Waals surface area contributed by atoms with Crippen LogP contribution in [0.1, 0.15) is 76.8 Å². The Labute approximate surface area is 171 Å². The molecule has 2 N–H and O–H groups in total. The number of phenols is 1. The molecule has 2 atom stereocenters. The number of aromatic hydroxyl groups is 1. The van der Waals surface area contributed by atoms with Gasteiger partial charge in [0, 0.05) is 18.2 Å². The average molecular weight is 384 g/mol. The van der Waals surface area contributed by atoms with E-state index in [0.29, 0.717) is 12.3 Å². The van der Waals surface area contributed by atoms with E-state index in [-0.39, 0.29) is 16.9 Å². The SMILES string of the molecule is C[C@@H]([C@@H](O)c1ccccc1)N(C)Cc1cc(C(C)(C)C)cc(C(C)(C)C)c1O. The van der Waals surface area contributed by atoms with Crippen LogP contribution in [0.15, 0.2) is 42.5 Å². The van der Waals surface area contributed by atoms with Gasteiger partial charge >= 0.3 is 0 Å². The van der Waals surface area contributed by atoms with Gasteiger partial charge in [-0.3, -0.25) is 4.90 Å². The van der Waals surface area contributed by atoms with Crippen molar-refractivity contribution in [2.75, 3.05) is 7.05 Å². The highest BCUT2D eigenvalue weighted by Crippen LogP contribution is 2.38. The van der Waals surface area contributed by atoms with Gasteiger partial charge in [0.15, 0.2) is 0 Å². The largest absolute Gasteiger partial charge is 0.507 e. The third-order valence-electron chi connectivity index (χ3n) is 5.58. The van der Waals surface area contributed by atoms with Crippen molar-refractivity contribution in [1.29, 1.82) is 0 Å². The van der Waals surface area contributed by atoms with E-state index in [4.69, 9.17) is 0 Å². The molecule has 0 heterocycles. The average Bonchev–Trinajstić information content (AvgIpc) is 2.60. The van der Waals surface area contributed by atoms with Crippen molar-refractivity contribution >= 4 is 0 Å². The number of hydrogen-bond donors (Lipinski definition) is 2. The van der Waals surface area contributed by atoms with Gasteiger partial charge in [0.25, 0.3) is 0 Å². The van der Waals surface area contributed by atoms with E-state index in [0.717, 1.165) is 16.7 Å². The third kappa shape index (κ3) is 5.15. The van der Waals surface area contributed by atoms with E-state index in [9.17, 15) is 10.2 Å². The van der Waals surface area contributed by atoms with Gasteiger partial charge in [-0.05, 0) is 41.5 Å². The molecular formula is C25H37NO2. The summed E-state index contributed by atoms with van der Waals surface area (Å²) in [7, 11) is 2.00. The Bertz CT molecular complexity index is 785. The monoisotopic (exact) mass is 383 g/mol. The summed E-state index contributed by atoms with van der Waals surface area (Å²) in [5.74, 6) is 0.369.